The van der Waals surface area contributed by atoms with E-state index in [0.717, 1.165) is 13.0 Å². The molecule has 13 heavy (non-hydrogen) atoms. The van der Waals surface area contributed by atoms with Gasteiger partial charge >= 0.3 is 0 Å². The van der Waals surface area contributed by atoms with Crippen LogP contribution in [0.1, 0.15) is 34.1 Å². The molecule has 1 rings (SSSR count). The van der Waals surface area contributed by atoms with Crippen molar-refractivity contribution in [3.05, 3.63) is 0 Å². The van der Waals surface area contributed by atoms with E-state index in [1.54, 1.807) is 18.2 Å². The lowest BCUT2D eigenvalue weighted by molar-refractivity contribution is 0.481. The van der Waals surface area contributed by atoms with Crippen molar-refractivity contribution in [1.82, 2.24) is 4.31 Å². The molecule has 3 nitrogen and oxygen atoms in total. The predicted molar refractivity (Wildman–Crippen MR) is 54.0 cm³/mol. The second-order valence-corrected chi connectivity index (χ2v) is 6.56. The maximum Gasteiger partial charge on any atom is 0.216 e. The minimum absolute atomic E-state index is 0.275. The smallest absolute Gasteiger partial charge is 0.212 e. The zero-order valence-corrected chi connectivity index (χ0v) is 9.63. The van der Waals surface area contributed by atoms with Crippen LogP contribution in [0.25, 0.3) is 0 Å². The molecule has 0 radical (unpaired) electrons. The third kappa shape index (κ3) is 2.05. The largest absolute Gasteiger partial charge is 0.216 e. The fourth-order valence-electron chi connectivity index (χ4n) is 1.44. The second kappa shape index (κ2) is 3.58. The molecule has 0 aromatic heterocycles. The molecule has 1 aliphatic heterocycles. The van der Waals surface area contributed by atoms with Crippen LogP contribution in [0.5, 0.6) is 0 Å². The highest BCUT2D eigenvalue weighted by molar-refractivity contribution is 7.89. The standard InChI is InChI=1S/C9H19NO2S/c1-5-8(4)9-6-10(9)13(11,12)7(2)3/h7-9H,5-6H2,1-4H3/t8?,9?,10-/m0/s1. The lowest BCUT2D eigenvalue weighted by Crippen LogP contribution is -2.25. The van der Waals surface area contributed by atoms with Gasteiger partial charge in [0, 0.05) is 12.6 Å². The summed E-state index contributed by atoms with van der Waals surface area (Å²) in [5.74, 6) is 0.494. The molecule has 4 heteroatoms. The summed E-state index contributed by atoms with van der Waals surface area (Å²) in [6.07, 6.45) is 1.05. The summed E-state index contributed by atoms with van der Waals surface area (Å²) in [7, 11) is -2.97. The molecule has 1 fully saturated rings. The van der Waals surface area contributed by atoms with E-state index in [0.29, 0.717) is 5.92 Å². The molecule has 1 heterocycles. The predicted octanol–water partition coefficient (Wildman–Crippen LogP) is 1.45. The van der Waals surface area contributed by atoms with Crippen LogP contribution in [-0.4, -0.2) is 30.6 Å². The van der Waals surface area contributed by atoms with E-state index in [9.17, 15) is 8.42 Å². The Morgan fingerprint density at radius 3 is 2.31 bits per heavy atom. The summed E-state index contributed by atoms with van der Waals surface area (Å²) in [6.45, 7) is 8.42. The first kappa shape index (κ1) is 11.0. The van der Waals surface area contributed by atoms with Crippen molar-refractivity contribution < 1.29 is 8.42 Å². The minimum Gasteiger partial charge on any atom is -0.212 e. The van der Waals surface area contributed by atoms with Gasteiger partial charge in [-0.05, 0) is 19.8 Å². The van der Waals surface area contributed by atoms with Crippen molar-refractivity contribution >= 4 is 10.0 Å². The molecule has 0 amide bonds. The Bertz CT molecular complexity index is 271. The van der Waals surface area contributed by atoms with Crippen molar-refractivity contribution in [3.63, 3.8) is 0 Å². The van der Waals surface area contributed by atoms with Gasteiger partial charge < -0.3 is 0 Å². The van der Waals surface area contributed by atoms with E-state index in [-0.39, 0.29) is 11.3 Å². The van der Waals surface area contributed by atoms with Gasteiger partial charge in [0.1, 0.15) is 0 Å². The molecule has 3 atom stereocenters. The molecular formula is C9H19NO2S. The van der Waals surface area contributed by atoms with Gasteiger partial charge in [-0.15, -0.1) is 0 Å². The van der Waals surface area contributed by atoms with Gasteiger partial charge in [-0.25, -0.2) is 8.42 Å². The molecule has 0 saturated carbocycles. The molecule has 0 bridgehead atoms. The molecule has 0 N–H and O–H groups in total. The average molecular weight is 205 g/mol. The summed E-state index contributed by atoms with van der Waals surface area (Å²) < 4.78 is 24.9. The summed E-state index contributed by atoms with van der Waals surface area (Å²) in [6, 6.07) is 0.275. The number of rotatable bonds is 4. The Kier molecular flexibility index (Phi) is 3.02. The van der Waals surface area contributed by atoms with Gasteiger partial charge in [0.05, 0.1) is 5.25 Å². The van der Waals surface area contributed by atoms with Crippen molar-refractivity contribution in [2.75, 3.05) is 6.54 Å². The first-order valence-electron chi connectivity index (χ1n) is 4.92. The van der Waals surface area contributed by atoms with E-state index < -0.39 is 10.0 Å². The van der Waals surface area contributed by atoms with Crippen LogP contribution < -0.4 is 0 Å². The third-order valence-electron chi connectivity index (χ3n) is 2.83. The van der Waals surface area contributed by atoms with Crippen LogP contribution >= 0.6 is 0 Å². The van der Waals surface area contributed by atoms with E-state index in [1.807, 2.05) is 0 Å². The Labute approximate surface area is 81.2 Å². The number of nitrogens with zero attached hydrogens (tertiary/aromatic N) is 1. The van der Waals surface area contributed by atoms with Crippen LogP contribution in [0.15, 0.2) is 0 Å². The molecule has 0 aliphatic carbocycles. The van der Waals surface area contributed by atoms with E-state index in [4.69, 9.17) is 0 Å². The van der Waals surface area contributed by atoms with Crippen LogP contribution in [0, 0.1) is 5.92 Å². The van der Waals surface area contributed by atoms with Crippen LogP contribution in [-0.2, 0) is 10.0 Å². The highest BCUT2D eigenvalue weighted by atomic mass is 32.2. The third-order valence-corrected chi connectivity index (χ3v) is 5.09. The Hall–Kier alpha value is -0.0900. The molecule has 2 unspecified atom stereocenters. The summed E-state index contributed by atoms with van der Waals surface area (Å²) in [5, 5.41) is -0.276. The van der Waals surface area contributed by atoms with Crippen molar-refractivity contribution in [2.24, 2.45) is 5.92 Å². The summed E-state index contributed by atoms with van der Waals surface area (Å²) in [4.78, 5) is 0. The van der Waals surface area contributed by atoms with Crippen LogP contribution in [0.4, 0.5) is 0 Å². The Balaban J connectivity index is 2.61. The molecular weight excluding hydrogens is 186 g/mol. The second-order valence-electron chi connectivity index (χ2n) is 4.12. The monoisotopic (exact) mass is 205 g/mol. The van der Waals surface area contributed by atoms with Crippen molar-refractivity contribution in [1.29, 1.82) is 0 Å². The SMILES string of the molecule is CCC(C)C1C[N@]1S(=O)(=O)C(C)C. The zero-order chi connectivity index (χ0) is 10.2. The maximum absolute atomic E-state index is 11.6. The quantitative estimate of drug-likeness (QED) is 0.651. The first-order valence-corrected chi connectivity index (χ1v) is 6.42. The van der Waals surface area contributed by atoms with Gasteiger partial charge in [0.2, 0.25) is 10.0 Å². The van der Waals surface area contributed by atoms with Gasteiger partial charge in [-0.3, -0.25) is 0 Å². The maximum atomic E-state index is 11.6. The van der Waals surface area contributed by atoms with Crippen LogP contribution in [0.3, 0.4) is 0 Å². The number of hydrogen-bond donors (Lipinski definition) is 0. The molecule has 0 spiro atoms. The molecule has 1 aliphatic rings. The zero-order valence-electron chi connectivity index (χ0n) is 8.82. The van der Waals surface area contributed by atoms with Gasteiger partial charge in [0.25, 0.3) is 0 Å². The molecule has 0 aromatic carbocycles. The molecule has 0 aromatic rings. The van der Waals surface area contributed by atoms with Crippen molar-refractivity contribution in [3.8, 4) is 0 Å². The highest BCUT2D eigenvalue weighted by Crippen LogP contribution is 2.32. The van der Waals surface area contributed by atoms with Crippen molar-refractivity contribution in [2.45, 2.75) is 45.4 Å². The molecule has 1 saturated heterocycles. The minimum atomic E-state index is -2.97. The van der Waals surface area contributed by atoms with Gasteiger partial charge in [-0.1, -0.05) is 20.3 Å². The Morgan fingerprint density at radius 2 is 1.92 bits per heavy atom. The number of hydrogen-bond acceptors (Lipinski definition) is 2. The van der Waals surface area contributed by atoms with Gasteiger partial charge in [0.15, 0.2) is 0 Å². The fraction of sp³-hybridized carbons (Fsp3) is 1.00. The highest BCUT2D eigenvalue weighted by Gasteiger charge is 2.46. The average Bonchev–Trinajstić information content (AvgIpc) is 2.81. The lowest BCUT2D eigenvalue weighted by Gasteiger charge is -2.11. The first-order chi connectivity index (χ1) is 5.91. The topological polar surface area (TPSA) is 37.1 Å². The fourth-order valence-corrected chi connectivity index (χ4v) is 2.92. The van der Waals surface area contributed by atoms with E-state index in [2.05, 4.69) is 13.8 Å². The number of sulfonamides is 1. The lowest BCUT2D eigenvalue weighted by atomic mass is 10.1. The summed E-state index contributed by atoms with van der Waals surface area (Å²) >= 11 is 0. The van der Waals surface area contributed by atoms with E-state index in [1.165, 1.54) is 0 Å². The summed E-state index contributed by atoms with van der Waals surface area (Å²) in [5.41, 5.74) is 0. The Morgan fingerprint density at radius 1 is 1.38 bits per heavy atom. The van der Waals surface area contributed by atoms with Crippen LogP contribution in [0.2, 0.25) is 0 Å². The molecule has 78 valence electrons. The van der Waals surface area contributed by atoms with E-state index >= 15 is 0 Å². The normalized spacial score (nSPS) is 30.5. The van der Waals surface area contributed by atoms with Gasteiger partial charge in [-0.2, -0.15) is 4.31 Å².